The van der Waals surface area contributed by atoms with Crippen molar-refractivity contribution in [1.29, 1.82) is 0 Å². The maximum Gasteiger partial charge on any atom is 0.224 e. The molecule has 2 rings (SSSR count). The van der Waals surface area contributed by atoms with Gasteiger partial charge in [-0.15, -0.1) is 0 Å². The zero-order valence-electron chi connectivity index (χ0n) is 11.4. The highest BCUT2D eigenvalue weighted by Gasteiger charge is 2.30. The molecule has 0 bridgehead atoms. The Bertz CT molecular complexity index is 491. The van der Waals surface area contributed by atoms with Gasteiger partial charge in [0.2, 0.25) is 11.8 Å². The highest BCUT2D eigenvalue weighted by atomic mass is 32.2. The molecule has 2 unspecified atom stereocenters. The third kappa shape index (κ3) is 3.92. The number of hydrogen-bond donors (Lipinski definition) is 2. The number of nitrogens with one attached hydrogen (secondary N) is 1. The van der Waals surface area contributed by atoms with E-state index in [4.69, 9.17) is 5.73 Å². The largest absolute Gasteiger partial charge is 0.369 e. The van der Waals surface area contributed by atoms with Crippen LogP contribution in [0.3, 0.4) is 0 Å². The van der Waals surface area contributed by atoms with Crippen molar-refractivity contribution in [3.05, 3.63) is 0 Å². The maximum absolute atomic E-state index is 12.2. The van der Waals surface area contributed by atoms with Crippen molar-refractivity contribution in [1.82, 2.24) is 10.2 Å². The van der Waals surface area contributed by atoms with Crippen LogP contribution in [0.25, 0.3) is 0 Å². The van der Waals surface area contributed by atoms with Crippen molar-refractivity contribution in [3.8, 4) is 0 Å². The number of nitrogens with zero attached hydrogens (tertiary/aromatic N) is 1. The molecule has 2 atom stereocenters. The quantitative estimate of drug-likeness (QED) is 0.658. The number of likely N-dealkylation sites (tertiary alicyclic amines) is 1. The van der Waals surface area contributed by atoms with Crippen molar-refractivity contribution in [3.63, 3.8) is 0 Å². The number of piperidine rings is 1. The minimum Gasteiger partial charge on any atom is -0.369 e. The zero-order valence-corrected chi connectivity index (χ0v) is 12.2. The molecule has 8 heteroatoms. The summed E-state index contributed by atoms with van der Waals surface area (Å²) in [6, 6.07) is -0.324. The Morgan fingerprint density at radius 1 is 1.35 bits per heavy atom. The Labute approximate surface area is 118 Å². The summed E-state index contributed by atoms with van der Waals surface area (Å²) in [6.45, 7) is 1.36. The Balaban J connectivity index is 1.89. The fourth-order valence-electron chi connectivity index (χ4n) is 2.77. The predicted molar refractivity (Wildman–Crippen MR) is 73.6 cm³/mol. The first-order valence-corrected chi connectivity index (χ1v) is 8.70. The third-order valence-corrected chi connectivity index (χ3v) is 5.64. The predicted octanol–water partition coefficient (Wildman–Crippen LogP) is -1.51. The first-order valence-electron chi connectivity index (χ1n) is 6.88. The molecule has 0 radical (unpaired) electrons. The molecule has 2 fully saturated rings. The van der Waals surface area contributed by atoms with Gasteiger partial charge in [-0.2, -0.15) is 0 Å². The van der Waals surface area contributed by atoms with Gasteiger partial charge in [0.25, 0.3) is 0 Å². The maximum atomic E-state index is 12.2. The van der Waals surface area contributed by atoms with E-state index in [9.17, 15) is 18.0 Å². The second kappa shape index (κ2) is 6.09. The molecule has 0 spiro atoms. The van der Waals surface area contributed by atoms with E-state index in [2.05, 4.69) is 5.32 Å². The van der Waals surface area contributed by atoms with Crippen LogP contribution in [0.15, 0.2) is 0 Å². The lowest BCUT2D eigenvalue weighted by Gasteiger charge is -2.33. The van der Waals surface area contributed by atoms with Crippen LogP contribution in [0.2, 0.25) is 0 Å². The van der Waals surface area contributed by atoms with Crippen LogP contribution in [0, 0.1) is 5.92 Å². The molecule has 2 aliphatic heterocycles. The van der Waals surface area contributed by atoms with Crippen LogP contribution in [0.5, 0.6) is 0 Å². The van der Waals surface area contributed by atoms with Crippen LogP contribution >= 0.6 is 0 Å². The minimum absolute atomic E-state index is 0.00578. The molecule has 2 aliphatic rings. The molecule has 3 N–H and O–H groups in total. The van der Waals surface area contributed by atoms with Crippen LogP contribution in [-0.2, 0) is 19.4 Å². The van der Waals surface area contributed by atoms with Gasteiger partial charge in [-0.05, 0) is 12.8 Å². The van der Waals surface area contributed by atoms with Crippen molar-refractivity contribution >= 4 is 21.7 Å². The van der Waals surface area contributed by atoms with Crippen molar-refractivity contribution in [2.24, 2.45) is 11.7 Å². The monoisotopic (exact) mass is 303 g/mol. The van der Waals surface area contributed by atoms with Gasteiger partial charge in [0, 0.05) is 32.1 Å². The van der Waals surface area contributed by atoms with E-state index in [1.54, 1.807) is 4.90 Å². The number of primary amides is 1. The molecule has 2 saturated heterocycles. The number of nitrogens with two attached hydrogens (primary N) is 1. The van der Waals surface area contributed by atoms with E-state index in [0.29, 0.717) is 19.6 Å². The Hall–Kier alpha value is -1.15. The molecule has 20 heavy (non-hydrogen) atoms. The summed E-state index contributed by atoms with van der Waals surface area (Å²) in [5.74, 6) is -0.626. The van der Waals surface area contributed by atoms with E-state index in [-0.39, 0.29) is 41.7 Å². The minimum atomic E-state index is -3.04. The van der Waals surface area contributed by atoms with E-state index in [0.717, 1.165) is 12.8 Å². The SMILES string of the molecule is NC(=O)C1CCCN(C(=O)CC2CS(=O)(=O)CCN2)C1. The summed E-state index contributed by atoms with van der Waals surface area (Å²) < 4.78 is 23.1. The second-order valence-corrected chi connectivity index (χ2v) is 7.78. The number of amides is 2. The van der Waals surface area contributed by atoms with Gasteiger partial charge in [-0.25, -0.2) is 8.42 Å². The standard InChI is InChI=1S/C12H21N3O4S/c13-12(17)9-2-1-4-15(7-9)11(16)6-10-8-20(18,19)5-3-14-10/h9-10,14H,1-8H2,(H2,13,17). The zero-order chi connectivity index (χ0) is 14.8. The summed E-state index contributed by atoms with van der Waals surface area (Å²) >= 11 is 0. The molecule has 0 aromatic carbocycles. The summed E-state index contributed by atoms with van der Waals surface area (Å²) in [5, 5.41) is 3.06. The molecule has 0 saturated carbocycles. The molecular weight excluding hydrogens is 282 g/mol. The lowest BCUT2D eigenvalue weighted by Crippen LogP contribution is -2.50. The average molecular weight is 303 g/mol. The van der Waals surface area contributed by atoms with Gasteiger partial charge in [-0.3, -0.25) is 9.59 Å². The van der Waals surface area contributed by atoms with Gasteiger partial charge in [0.15, 0.2) is 9.84 Å². The Morgan fingerprint density at radius 3 is 2.75 bits per heavy atom. The number of carbonyl (C=O) groups is 2. The van der Waals surface area contributed by atoms with Crippen LogP contribution in [0.1, 0.15) is 19.3 Å². The lowest BCUT2D eigenvalue weighted by atomic mass is 9.97. The van der Waals surface area contributed by atoms with Crippen LogP contribution < -0.4 is 11.1 Å². The van der Waals surface area contributed by atoms with Gasteiger partial charge in [-0.1, -0.05) is 0 Å². The molecule has 0 aliphatic carbocycles. The third-order valence-electron chi connectivity index (χ3n) is 3.90. The Morgan fingerprint density at radius 2 is 2.10 bits per heavy atom. The van der Waals surface area contributed by atoms with Crippen molar-refractivity contribution < 1.29 is 18.0 Å². The number of sulfone groups is 1. The molecular formula is C12H21N3O4S. The fraction of sp³-hybridized carbons (Fsp3) is 0.833. The molecule has 2 heterocycles. The highest BCUT2D eigenvalue weighted by Crippen LogP contribution is 2.17. The van der Waals surface area contributed by atoms with Crippen LogP contribution in [0.4, 0.5) is 0 Å². The summed E-state index contributed by atoms with van der Waals surface area (Å²) in [6.07, 6.45) is 1.63. The van der Waals surface area contributed by atoms with E-state index in [1.807, 2.05) is 0 Å². The van der Waals surface area contributed by atoms with Crippen molar-refractivity contribution in [2.45, 2.75) is 25.3 Å². The number of rotatable bonds is 3. The highest BCUT2D eigenvalue weighted by molar-refractivity contribution is 7.91. The van der Waals surface area contributed by atoms with Crippen molar-refractivity contribution in [2.75, 3.05) is 31.1 Å². The van der Waals surface area contributed by atoms with E-state index >= 15 is 0 Å². The first kappa shape index (κ1) is 15.2. The van der Waals surface area contributed by atoms with Gasteiger partial charge >= 0.3 is 0 Å². The average Bonchev–Trinajstić information content (AvgIpc) is 2.37. The summed E-state index contributed by atoms with van der Waals surface area (Å²) in [5.41, 5.74) is 5.28. The van der Waals surface area contributed by atoms with Gasteiger partial charge in [0.05, 0.1) is 17.4 Å². The number of hydrogen-bond acceptors (Lipinski definition) is 5. The van der Waals surface area contributed by atoms with Gasteiger partial charge < -0.3 is 16.0 Å². The topological polar surface area (TPSA) is 110 Å². The molecule has 2 amide bonds. The summed E-state index contributed by atoms with van der Waals surface area (Å²) in [7, 11) is -3.04. The smallest absolute Gasteiger partial charge is 0.224 e. The molecule has 7 nitrogen and oxygen atoms in total. The number of carbonyl (C=O) groups excluding carboxylic acids is 2. The molecule has 0 aromatic rings. The second-order valence-electron chi connectivity index (χ2n) is 5.55. The van der Waals surface area contributed by atoms with Crippen LogP contribution in [-0.4, -0.2) is 62.3 Å². The lowest BCUT2D eigenvalue weighted by molar-refractivity contribution is -0.135. The molecule has 114 valence electrons. The van der Waals surface area contributed by atoms with E-state index < -0.39 is 9.84 Å². The summed E-state index contributed by atoms with van der Waals surface area (Å²) in [4.78, 5) is 25.0. The normalized spacial score (nSPS) is 29.9. The van der Waals surface area contributed by atoms with Gasteiger partial charge in [0.1, 0.15) is 0 Å². The fourth-order valence-corrected chi connectivity index (χ4v) is 4.22. The molecule has 0 aromatic heterocycles. The first-order chi connectivity index (χ1) is 9.37. The Kier molecular flexibility index (Phi) is 4.64. The van der Waals surface area contributed by atoms with E-state index in [1.165, 1.54) is 0 Å².